The van der Waals surface area contributed by atoms with Crippen LogP contribution in [0.5, 0.6) is 0 Å². The third-order valence-electron chi connectivity index (χ3n) is 9.55. The van der Waals surface area contributed by atoms with Crippen molar-refractivity contribution in [1.29, 1.82) is 0 Å². The van der Waals surface area contributed by atoms with E-state index in [1.54, 1.807) is 62.3 Å². The lowest BCUT2D eigenvalue weighted by molar-refractivity contribution is -0.0164. The van der Waals surface area contributed by atoms with E-state index in [4.69, 9.17) is 51.1 Å². The van der Waals surface area contributed by atoms with Crippen LogP contribution in [0.2, 0.25) is 0 Å². The van der Waals surface area contributed by atoms with Crippen molar-refractivity contribution in [2.75, 3.05) is 39.6 Å². The Kier molecular flexibility index (Phi) is 24.8. The minimum atomic E-state index is -4.74. The lowest BCUT2D eigenvalue weighted by Gasteiger charge is -2.34. The molecule has 0 spiro atoms. The number of hydrogen-bond donors (Lipinski definition) is 7. The van der Waals surface area contributed by atoms with Crippen LogP contribution in [0.1, 0.15) is 128 Å². The van der Waals surface area contributed by atoms with Gasteiger partial charge in [0.05, 0.1) is 55.4 Å². The second-order valence-corrected chi connectivity index (χ2v) is 22.7. The first kappa shape index (κ1) is 58.5. The van der Waals surface area contributed by atoms with Crippen LogP contribution in [-0.4, -0.2) is 96.5 Å². The van der Waals surface area contributed by atoms with Crippen molar-refractivity contribution in [2.24, 2.45) is 17.8 Å². The van der Waals surface area contributed by atoms with Crippen LogP contribution in [0, 0.1) is 17.8 Å². The lowest BCUT2D eigenvalue weighted by atomic mass is 9.91. The Bertz CT molecular complexity index is 1470. The minimum absolute atomic E-state index is 0.0708. The van der Waals surface area contributed by atoms with E-state index in [9.17, 15) is 42.4 Å². The Morgan fingerprint density at radius 2 is 0.724 bits per heavy atom. The monoisotopic (exact) mass is 946 g/mol. The average Bonchev–Trinajstić information content (AvgIpc) is 3.07. The van der Waals surface area contributed by atoms with Crippen molar-refractivity contribution in [1.82, 2.24) is 0 Å². The highest BCUT2D eigenvalue weighted by Gasteiger charge is 2.41. The molecule has 0 aliphatic carbocycles. The van der Waals surface area contributed by atoms with Gasteiger partial charge in [-0.2, -0.15) is 0 Å². The molecule has 350 valence electrons. The molecule has 0 aliphatic heterocycles. The second kappa shape index (κ2) is 24.5. The molecule has 11 atom stereocenters. The second-order valence-electron chi connectivity index (χ2n) is 15.9. The first-order chi connectivity index (χ1) is 26.1. The maximum atomic E-state index is 13.0. The van der Waals surface area contributed by atoms with Crippen molar-refractivity contribution in [3.63, 3.8) is 0 Å². The average molecular weight is 947 g/mol. The van der Waals surface area contributed by atoms with Crippen LogP contribution in [-0.2, 0) is 63.5 Å². The highest BCUT2D eigenvalue weighted by Crippen LogP contribution is 2.54. The van der Waals surface area contributed by atoms with E-state index in [1.165, 1.54) is 13.8 Å². The number of hydrogen-bond acceptors (Lipinski definition) is 15. The zero-order chi connectivity index (χ0) is 45.5. The predicted molar refractivity (Wildman–Crippen MR) is 213 cm³/mol. The summed E-state index contributed by atoms with van der Waals surface area (Å²) in [6, 6.07) is 0. The molecule has 11 unspecified atom stereocenters. The largest absolute Gasteiger partial charge is 0.472 e. The summed E-state index contributed by atoms with van der Waals surface area (Å²) in [5, 5.41) is 9.12. The summed E-state index contributed by atoms with van der Waals surface area (Å²) >= 11 is 0. The first-order valence-corrected chi connectivity index (χ1v) is 26.7. The molecule has 26 heteroatoms. The molecule has 7 N–H and O–H groups in total. The van der Waals surface area contributed by atoms with E-state index in [2.05, 4.69) is 4.52 Å². The molecule has 0 aromatic rings. The van der Waals surface area contributed by atoms with Gasteiger partial charge < -0.3 is 34.5 Å². The van der Waals surface area contributed by atoms with Gasteiger partial charge in [0, 0.05) is 25.4 Å². The van der Waals surface area contributed by atoms with Crippen LogP contribution in [0.15, 0.2) is 0 Å². The summed E-state index contributed by atoms with van der Waals surface area (Å²) in [6.07, 6.45) is 0.791. The third-order valence-corrected chi connectivity index (χ3v) is 14.7. The van der Waals surface area contributed by atoms with Gasteiger partial charge in [-0.25, -0.2) is 22.8 Å². The van der Waals surface area contributed by atoms with Crippen LogP contribution < -0.4 is 0 Å². The molecule has 0 bridgehead atoms. The summed E-state index contributed by atoms with van der Waals surface area (Å²) in [4.78, 5) is 59.6. The van der Waals surface area contributed by atoms with E-state index in [0.29, 0.717) is 0 Å². The molecule has 0 amide bonds. The van der Waals surface area contributed by atoms with Crippen LogP contribution in [0.25, 0.3) is 0 Å². The van der Waals surface area contributed by atoms with Crippen LogP contribution in [0.3, 0.4) is 0 Å². The smallest absolute Gasteiger partial charge is 0.396 e. The van der Waals surface area contributed by atoms with Crippen molar-refractivity contribution < 1.29 is 98.0 Å². The summed E-state index contributed by atoms with van der Waals surface area (Å²) < 4.78 is 109. The van der Waals surface area contributed by atoms with E-state index in [0.717, 1.165) is 0 Å². The maximum absolute atomic E-state index is 13.0. The van der Waals surface area contributed by atoms with Gasteiger partial charge in [-0.1, -0.05) is 48.5 Å². The van der Waals surface area contributed by atoms with E-state index < -0.39 is 92.5 Å². The number of aliphatic hydroxyl groups excluding tert-OH is 1. The normalized spacial score (nSPS) is 22.7. The molecule has 0 aromatic heterocycles. The SMILES string of the molecule is CCC(C)(CCOP(=O)(O)OC(C)(CC)CC(C)COP(=O)(O)OC(C)(CC)CCOP(=O)(O)OC(C)(CC)CC(C)COP(=O)(O)O)OP(=O)(O)OCC(C)CO. The van der Waals surface area contributed by atoms with Gasteiger partial charge in [-0.3, -0.25) is 40.7 Å². The van der Waals surface area contributed by atoms with Crippen LogP contribution >= 0.6 is 39.1 Å². The molecular formula is C32H71O21P5. The molecule has 21 nitrogen and oxygen atoms in total. The molecule has 58 heavy (non-hydrogen) atoms. The van der Waals surface area contributed by atoms with Crippen molar-refractivity contribution >= 4 is 39.1 Å². The summed E-state index contributed by atoms with van der Waals surface area (Å²) in [5.41, 5.74) is -5.14. The Balaban J connectivity index is 5.24. The molecule has 0 fully saturated rings. The van der Waals surface area contributed by atoms with Crippen molar-refractivity contribution in [2.45, 2.75) is 150 Å². The zero-order valence-electron chi connectivity index (χ0n) is 35.7. The number of aliphatic hydroxyl groups is 1. The molecule has 0 aliphatic rings. The fraction of sp³-hybridized carbons (Fsp3) is 1.00. The molecular weight excluding hydrogens is 875 g/mol. The number of phosphoric acid groups is 5. The van der Waals surface area contributed by atoms with Gasteiger partial charge in [-0.15, -0.1) is 0 Å². The summed E-state index contributed by atoms with van der Waals surface area (Å²) in [5.74, 6) is -1.39. The van der Waals surface area contributed by atoms with Gasteiger partial charge in [0.25, 0.3) is 0 Å². The fourth-order valence-electron chi connectivity index (χ4n) is 5.35. The van der Waals surface area contributed by atoms with Gasteiger partial charge >= 0.3 is 39.1 Å². The summed E-state index contributed by atoms with van der Waals surface area (Å²) in [6.45, 7) is 15.8. The zero-order valence-corrected chi connectivity index (χ0v) is 40.2. The topological polar surface area (TPSA) is 310 Å². The molecule has 0 radical (unpaired) electrons. The molecule has 0 rings (SSSR count). The molecule has 0 heterocycles. The van der Waals surface area contributed by atoms with E-state index >= 15 is 0 Å². The van der Waals surface area contributed by atoms with Gasteiger partial charge in [0.2, 0.25) is 0 Å². The molecule has 0 saturated carbocycles. The minimum Gasteiger partial charge on any atom is -0.396 e. The maximum Gasteiger partial charge on any atom is 0.472 e. The van der Waals surface area contributed by atoms with Crippen molar-refractivity contribution in [3.05, 3.63) is 0 Å². The Hall–Kier alpha value is 0.510. The van der Waals surface area contributed by atoms with Gasteiger partial charge in [0.15, 0.2) is 0 Å². The van der Waals surface area contributed by atoms with E-state index in [-0.39, 0.29) is 77.8 Å². The lowest BCUT2D eigenvalue weighted by Crippen LogP contribution is -2.32. The fourth-order valence-corrected chi connectivity index (χ4v) is 10.6. The predicted octanol–water partition coefficient (Wildman–Crippen LogP) is 7.77. The third kappa shape index (κ3) is 25.6. The van der Waals surface area contributed by atoms with Crippen molar-refractivity contribution in [3.8, 4) is 0 Å². The van der Waals surface area contributed by atoms with Gasteiger partial charge in [0.1, 0.15) is 0 Å². The quantitative estimate of drug-likeness (QED) is 0.0303. The Morgan fingerprint density at radius 1 is 0.448 bits per heavy atom. The van der Waals surface area contributed by atoms with Gasteiger partial charge in [-0.05, 0) is 78.1 Å². The highest BCUT2D eigenvalue weighted by molar-refractivity contribution is 7.48. The first-order valence-electron chi connectivity index (χ1n) is 19.2. The van der Waals surface area contributed by atoms with E-state index in [1.807, 2.05) is 0 Å². The summed E-state index contributed by atoms with van der Waals surface area (Å²) in [7, 11) is -23.4. The molecule has 0 saturated heterocycles. The number of rotatable bonds is 34. The Labute approximate surface area is 343 Å². The van der Waals surface area contributed by atoms with Crippen LogP contribution in [0.4, 0.5) is 0 Å². The molecule has 0 aromatic carbocycles. The standard InChI is InChI=1S/C32H71O21P5/c1-12-29(8,16-18-45-55(37,38)52-31(10,14-3)20-26(5)23-47-54(34,35)36)50-57(41,42)48-24-27(6)21-32(11,15-4)53-56(39,40)46-19-17-30(9,13-2)51-58(43,44)49-25-28(7)22-33/h26-28,33H,12-25H2,1-11H3,(H,37,38)(H,39,40)(H,41,42)(H,43,44)(H2,34,35,36). The highest BCUT2D eigenvalue weighted by atomic mass is 31.2. The number of phosphoric ester groups is 5. The Morgan fingerprint density at radius 3 is 1.02 bits per heavy atom.